The van der Waals surface area contributed by atoms with E-state index in [0.29, 0.717) is 18.0 Å². The standard InChI is InChI=1S/C11H26N2S/c1-6-9(2)11(7-12)13(4)10(3)8-14-5/h9-11H,6-8,12H2,1-5H3. The molecular formula is C11H26N2S. The van der Waals surface area contributed by atoms with Gasteiger partial charge in [-0.2, -0.15) is 11.8 Å². The highest BCUT2D eigenvalue weighted by Gasteiger charge is 2.22. The van der Waals surface area contributed by atoms with Crippen molar-refractivity contribution in [3.63, 3.8) is 0 Å². The number of nitrogens with two attached hydrogens (primary N) is 1. The fourth-order valence-electron chi connectivity index (χ4n) is 1.76. The molecule has 0 rings (SSSR count). The van der Waals surface area contributed by atoms with Gasteiger partial charge in [0.05, 0.1) is 0 Å². The third-order valence-corrected chi connectivity index (χ3v) is 3.98. The first-order valence-corrected chi connectivity index (χ1v) is 6.88. The molecule has 3 heteroatoms. The van der Waals surface area contributed by atoms with Crippen LogP contribution in [0.25, 0.3) is 0 Å². The van der Waals surface area contributed by atoms with Crippen molar-refractivity contribution >= 4 is 11.8 Å². The smallest absolute Gasteiger partial charge is 0.0243 e. The van der Waals surface area contributed by atoms with E-state index in [9.17, 15) is 0 Å². The molecule has 0 fully saturated rings. The predicted molar refractivity (Wildman–Crippen MR) is 67.9 cm³/mol. The molecular weight excluding hydrogens is 192 g/mol. The minimum atomic E-state index is 0.530. The van der Waals surface area contributed by atoms with Gasteiger partial charge in [0.15, 0.2) is 0 Å². The van der Waals surface area contributed by atoms with E-state index in [2.05, 4.69) is 39.0 Å². The molecule has 3 atom stereocenters. The van der Waals surface area contributed by atoms with Crippen LogP contribution in [0.5, 0.6) is 0 Å². The predicted octanol–water partition coefficient (Wildman–Crippen LogP) is 2.04. The zero-order valence-electron chi connectivity index (χ0n) is 10.3. The Bertz CT molecular complexity index is 141. The Balaban J connectivity index is 4.21. The molecule has 0 aliphatic carbocycles. The first-order valence-electron chi connectivity index (χ1n) is 5.49. The fourth-order valence-corrected chi connectivity index (χ4v) is 2.48. The van der Waals surface area contributed by atoms with Crippen molar-refractivity contribution in [1.29, 1.82) is 0 Å². The number of hydrogen-bond donors (Lipinski definition) is 1. The Hall–Kier alpha value is 0.270. The van der Waals surface area contributed by atoms with Crippen molar-refractivity contribution in [2.24, 2.45) is 11.7 Å². The fraction of sp³-hybridized carbons (Fsp3) is 1.00. The van der Waals surface area contributed by atoms with Crippen LogP contribution in [0.15, 0.2) is 0 Å². The summed E-state index contributed by atoms with van der Waals surface area (Å²) in [7, 11) is 2.20. The van der Waals surface area contributed by atoms with Crippen molar-refractivity contribution in [2.45, 2.75) is 39.3 Å². The highest BCUT2D eigenvalue weighted by Crippen LogP contribution is 2.16. The second-order valence-corrected chi connectivity index (χ2v) is 5.07. The molecule has 0 bridgehead atoms. The van der Waals surface area contributed by atoms with Crippen LogP contribution in [0.4, 0.5) is 0 Å². The quantitative estimate of drug-likeness (QED) is 0.709. The third-order valence-electron chi connectivity index (χ3n) is 3.17. The van der Waals surface area contributed by atoms with Crippen molar-refractivity contribution in [2.75, 3.05) is 25.6 Å². The zero-order valence-corrected chi connectivity index (χ0v) is 11.1. The first-order chi connectivity index (χ1) is 6.58. The zero-order chi connectivity index (χ0) is 11.1. The Labute approximate surface area is 93.6 Å². The largest absolute Gasteiger partial charge is 0.329 e. The molecule has 2 nitrogen and oxygen atoms in total. The molecule has 0 aliphatic heterocycles. The van der Waals surface area contributed by atoms with Crippen molar-refractivity contribution in [3.05, 3.63) is 0 Å². The van der Waals surface area contributed by atoms with E-state index >= 15 is 0 Å². The van der Waals surface area contributed by atoms with E-state index in [0.717, 1.165) is 6.54 Å². The van der Waals surface area contributed by atoms with Crippen molar-refractivity contribution in [3.8, 4) is 0 Å². The number of rotatable bonds is 7. The van der Waals surface area contributed by atoms with E-state index in [1.165, 1.54) is 12.2 Å². The average molecular weight is 218 g/mol. The van der Waals surface area contributed by atoms with E-state index in [1.807, 2.05) is 11.8 Å². The van der Waals surface area contributed by atoms with E-state index in [-0.39, 0.29) is 0 Å². The lowest BCUT2D eigenvalue weighted by Gasteiger charge is -2.35. The maximum absolute atomic E-state index is 5.84. The summed E-state index contributed by atoms with van der Waals surface area (Å²) in [5.74, 6) is 1.87. The summed E-state index contributed by atoms with van der Waals surface area (Å²) in [5, 5.41) is 0. The van der Waals surface area contributed by atoms with Gasteiger partial charge < -0.3 is 5.73 Å². The molecule has 0 aromatic heterocycles. The van der Waals surface area contributed by atoms with E-state index in [4.69, 9.17) is 5.73 Å². The van der Waals surface area contributed by atoms with Gasteiger partial charge >= 0.3 is 0 Å². The van der Waals surface area contributed by atoms with Crippen molar-refractivity contribution in [1.82, 2.24) is 4.90 Å². The van der Waals surface area contributed by atoms with Gasteiger partial charge in [-0.05, 0) is 26.1 Å². The summed E-state index contributed by atoms with van der Waals surface area (Å²) in [6, 6.07) is 1.15. The average Bonchev–Trinajstić information content (AvgIpc) is 2.18. The Morgan fingerprint density at radius 2 is 1.93 bits per heavy atom. The van der Waals surface area contributed by atoms with Crippen LogP contribution in [0.3, 0.4) is 0 Å². The lowest BCUT2D eigenvalue weighted by atomic mass is 9.97. The summed E-state index contributed by atoms with van der Waals surface area (Å²) >= 11 is 1.90. The van der Waals surface area contributed by atoms with Crippen LogP contribution in [0.1, 0.15) is 27.2 Å². The lowest BCUT2D eigenvalue weighted by Crippen LogP contribution is -2.47. The highest BCUT2D eigenvalue weighted by molar-refractivity contribution is 7.98. The van der Waals surface area contributed by atoms with Crippen molar-refractivity contribution < 1.29 is 0 Å². The molecule has 14 heavy (non-hydrogen) atoms. The van der Waals surface area contributed by atoms with Gasteiger partial charge in [0.2, 0.25) is 0 Å². The molecule has 2 N–H and O–H groups in total. The Morgan fingerprint density at radius 1 is 1.36 bits per heavy atom. The first kappa shape index (κ1) is 14.3. The number of nitrogens with zero attached hydrogens (tertiary/aromatic N) is 1. The minimum absolute atomic E-state index is 0.530. The third kappa shape index (κ3) is 4.20. The van der Waals surface area contributed by atoms with Gasteiger partial charge in [-0.15, -0.1) is 0 Å². The molecule has 0 aliphatic rings. The molecule has 0 saturated heterocycles. The summed E-state index contributed by atoms with van der Waals surface area (Å²) in [4.78, 5) is 2.44. The van der Waals surface area contributed by atoms with Gasteiger partial charge in [0.1, 0.15) is 0 Å². The molecule has 3 unspecified atom stereocenters. The monoisotopic (exact) mass is 218 g/mol. The van der Waals surface area contributed by atoms with Crippen LogP contribution in [0.2, 0.25) is 0 Å². The van der Waals surface area contributed by atoms with E-state index < -0.39 is 0 Å². The number of hydrogen-bond acceptors (Lipinski definition) is 3. The van der Waals surface area contributed by atoms with Gasteiger partial charge in [-0.3, -0.25) is 4.90 Å². The second kappa shape index (κ2) is 7.55. The highest BCUT2D eigenvalue weighted by atomic mass is 32.2. The maximum atomic E-state index is 5.84. The maximum Gasteiger partial charge on any atom is 0.0243 e. The van der Waals surface area contributed by atoms with Crippen LogP contribution in [0, 0.1) is 5.92 Å². The van der Waals surface area contributed by atoms with Gasteiger partial charge in [0.25, 0.3) is 0 Å². The molecule has 0 spiro atoms. The van der Waals surface area contributed by atoms with Gasteiger partial charge in [0, 0.05) is 24.4 Å². The topological polar surface area (TPSA) is 29.3 Å². The molecule has 0 saturated carbocycles. The summed E-state index contributed by atoms with van der Waals surface area (Å²) in [6.07, 6.45) is 3.36. The Kier molecular flexibility index (Phi) is 7.69. The SMILES string of the molecule is CCC(C)C(CN)N(C)C(C)CSC. The van der Waals surface area contributed by atoms with Gasteiger partial charge in [-0.25, -0.2) is 0 Å². The normalized spacial score (nSPS) is 18.2. The van der Waals surface area contributed by atoms with Crippen LogP contribution in [-0.2, 0) is 0 Å². The minimum Gasteiger partial charge on any atom is -0.329 e. The number of likely N-dealkylation sites (N-methyl/N-ethyl adjacent to an activating group) is 1. The molecule has 0 heterocycles. The van der Waals surface area contributed by atoms with Crippen LogP contribution < -0.4 is 5.73 Å². The lowest BCUT2D eigenvalue weighted by molar-refractivity contribution is 0.151. The van der Waals surface area contributed by atoms with Crippen LogP contribution in [-0.4, -0.2) is 42.6 Å². The molecule has 0 radical (unpaired) electrons. The molecule has 0 amide bonds. The molecule has 0 aromatic carbocycles. The Morgan fingerprint density at radius 3 is 2.29 bits per heavy atom. The second-order valence-electron chi connectivity index (χ2n) is 4.16. The summed E-state index contributed by atoms with van der Waals surface area (Å²) in [6.45, 7) is 7.58. The summed E-state index contributed by atoms with van der Waals surface area (Å²) < 4.78 is 0. The van der Waals surface area contributed by atoms with Crippen LogP contribution >= 0.6 is 11.8 Å². The summed E-state index contributed by atoms with van der Waals surface area (Å²) in [5.41, 5.74) is 5.84. The number of thioether (sulfide) groups is 1. The molecule has 86 valence electrons. The van der Waals surface area contributed by atoms with E-state index in [1.54, 1.807) is 0 Å². The molecule has 0 aromatic rings. The van der Waals surface area contributed by atoms with Gasteiger partial charge in [-0.1, -0.05) is 20.3 Å².